The summed E-state index contributed by atoms with van der Waals surface area (Å²) < 4.78 is 5.41. The maximum Gasteiger partial charge on any atom is 0.0981 e. The van der Waals surface area contributed by atoms with Crippen molar-refractivity contribution >= 4 is 0 Å². The van der Waals surface area contributed by atoms with Gasteiger partial charge in [-0.1, -0.05) is 24.3 Å². The molecule has 2 nitrogen and oxygen atoms in total. The van der Waals surface area contributed by atoms with E-state index in [0.717, 1.165) is 19.6 Å². The maximum absolute atomic E-state index is 5.41. The third-order valence-electron chi connectivity index (χ3n) is 3.22. The lowest BCUT2D eigenvalue weighted by atomic mass is 10.1. The van der Waals surface area contributed by atoms with E-state index in [0.29, 0.717) is 12.2 Å². The molecular formula is C12H15NO. The van der Waals surface area contributed by atoms with Crippen molar-refractivity contribution in [2.24, 2.45) is 0 Å². The smallest absolute Gasteiger partial charge is 0.0981 e. The summed E-state index contributed by atoms with van der Waals surface area (Å²) in [5.74, 6) is 0. The van der Waals surface area contributed by atoms with Crippen molar-refractivity contribution in [3.8, 4) is 0 Å². The van der Waals surface area contributed by atoms with Gasteiger partial charge in [-0.25, -0.2) is 0 Å². The Bertz CT molecular complexity index is 340. The molecular weight excluding hydrogens is 174 g/mol. The van der Waals surface area contributed by atoms with Crippen LogP contribution in [-0.2, 0) is 11.3 Å². The number of epoxide rings is 1. The Morgan fingerprint density at radius 2 is 2.00 bits per heavy atom. The first-order valence-electron chi connectivity index (χ1n) is 5.25. The zero-order chi connectivity index (χ0) is 9.54. The fourth-order valence-electron chi connectivity index (χ4n) is 2.24. The highest BCUT2D eigenvalue weighted by atomic mass is 16.6. The Kier molecular flexibility index (Phi) is 1.85. The summed E-state index contributed by atoms with van der Waals surface area (Å²) >= 11 is 0. The molecule has 2 saturated heterocycles. The minimum absolute atomic E-state index is 0.555. The Labute approximate surface area is 84.5 Å². The van der Waals surface area contributed by atoms with Gasteiger partial charge < -0.3 is 4.74 Å². The van der Waals surface area contributed by atoms with Crippen LogP contribution in [0.25, 0.3) is 0 Å². The molecule has 0 spiro atoms. The number of hydrogen-bond donors (Lipinski definition) is 0. The molecule has 0 aliphatic carbocycles. The van der Waals surface area contributed by atoms with Gasteiger partial charge in [0.2, 0.25) is 0 Å². The molecule has 2 aliphatic heterocycles. The number of benzene rings is 1. The van der Waals surface area contributed by atoms with Crippen LogP contribution in [0.5, 0.6) is 0 Å². The van der Waals surface area contributed by atoms with Gasteiger partial charge in [-0.05, 0) is 18.1 Å². The van der Waals surface area contributed by atoms with Crippen LogP contribution in [0.2, 0.25) is 0 Å². The predicted octanol–water partition coefficient (Wildman–Crippen LogP) is 1.58. The molecule has 2 unspecified atom stereocenters. The van der Waals surface area contributed by atoms with Crippen LogP contribution >= 0.6 is 0 Å². The van der Waals surface area contributed by atoms with Gasteiger partial charge in [0.1, 0.15) is 0 Å². The lowest BCUT2D eigenvalue weighted by Gasteiger charge is -2.17. The fourth-order valence-corrected chi connectivity index (χ4v) is 2.24. The van der Waals surface area contributed by atoms with Crippen molar-refractivity contribution in [2.75, 3.05) is 13.1 Å². The molecule has 3 rings (SSSR count). The monoisotopic (exact) mass is 189 g/mol. The van der Waals surface area contributed by atoms with Crippen molar-refractivity contribution in [1.29, 1.82) is 0 Å². The summed E-state index contributed by atoms with van der Waals surface area (Å²) in [7, 11) is 0. The van der Waals surface area contributed by atoms with Crippen molar-refractivity contribution in [2.45, 2.75) is 25.7 Å². The van der Waals surface area contributed by atoms with E-state index in [2.05, 4.69) is 36.1 Å². The van der Waals surface area contributed by atoms with Crippen LogP contribution in [0, 0.1) is 6.92 Å². The average molecular weight is 189 g/mol. The molecule has 0 radical (unpaired) electrons. The molecule has 74 valence electrons. The van der Waals surface area contributed by atoms with Crippen molar-refractivity contribution < 1.29 is 4.74 Å². The van der Waals surface area contributed by atoms with E-state index >= 15 is 0 Å². The van der Waals surface area contributed by atoms with Crippen LogP contribution in [-0.4, -0.2) is 30.2 Å². The Balaban J connectivity index is 1.69. The zero-order valence-electron chi connectivity index (χ0n) is 8.44. The Morgan fingerprint density at radius 3 is 2.71 bits per heavy atom. The second-order valence-corrected chi connectivity index (χ2v) is 4.33. The van der Waals surface area contributed by atoms with Crippen LogP contribution < -0.4 is 0 Å². The second-order valence-electron chi connectivity index (χ2n) is 4.33. The van der Waals surface area contributed by atoms with E-state index in [-0.39, 0.29) is 0 Å². The number of morpholine rings is 1. The minimum atomic E-state index is 0.555. The van der Waals surface area contributed by atoms with E-state index < -0.39 is 0 Å². The normalized spacial score (nSPS) is 30.4. The van der Waals surface area contributed by atoms with Gasteiger partial charge in [0.05, 0.1) is 12.2 Å². The average Bonchev–Trinajstić information content (AvgIpc) is 2.79. The molecule has 0 aromatic heterocycles. The summed E-state index contributed by atoms with van der Waals surface area (Å²) in [4.78, 5) is 2.49. The van der Waals surface area contributed by atoms with Gasteiger partial charge in [0.15, 0.2) is 0 Å². The molecule has 1 aromatic carbocycles. The third-order valence-corrected chi connectivity index (χ3v) is 3.22. The molecule has 14 heavy (non-hydrogen) atoms. The van der Waals surface area contributed by atoms with Gasteiger partial charge in [-0.3, -0.25) is 4.90 Å². The molecule has 2 fully saturated rings. The van der Waals surface area contributed by atoms with E-state index in [1.165, 1.54) is 11.1 Å². The summed E-state index contributed by atoms with van der Waals surface area (Å²) in [6.45, 7) is 5.52. The van der Waals surface area contributed by atoms with Gasteiger partial charge >= 0.3 is 0 Å². The van der Waals surface area contributed by atoms with E-state index in [4.69, 9.17) is 4.74 Å². The number of hydrogen-bond acceptors (Lipinski definition) is 2. The van der Waals surface area contributed by atoms with Crippen molar-refractivity contribution in [3.63, 3.8) is 0 Å². The Morgan fingerprint density at radius 1 is 1.29 bits per heavy atom. The summed E-state index contributed by atoms with van der Waals surface area (Å²) in [6, 6.07) is 8.63. The molecule has 0 amide bonds. The first kappa shape index (κ1) is 8.45. The molecule has 1 aromatic rings. The number of nitrogens with zero attached hydrogens (tertiary/aromatic N) is 1. The molecule has 2 heteroatoms. The lowest BCUT2D eigenvalue weighted by molar-refractivity contribution is 0.198. The maximum atomic E-state index is 5.41. The molecule has 2 heterocycles. The molecule has 2 atom stereocenters. The van der Waals surface area contributed by atoms with Crippen molar-refractivity contribution in [3.05, 3.63) is 35.4 Å². The fraction of sp³-hybridized carbons (Fsp3) is 0.500. The highest BCUT2D eigenvalue weighted by Gasteiger charge is 2.46. The van der Waals surface area contributed by atoms with Crippen LogP contribution in [0.4, 0.5) is 0 Å². The lowest BCUT2D eigenvalue weighted by Crippen LogP contribution is -2.24. The number of rotatable bonds is 2. The van der Waals surface area contributed by atoms with Gasteiger partial charge in [-0.2, -0.15) is 0 Å². The summed E-state index contributed by atoms with van der Waals surface area (Å²) in [5.41, 5.74) is 2.85. The third kappa shape index (κ3) is 1.45. The largest absolute Gasteiger partial charge is 0.367 e. The molecule has 0 N–H and O–H groups in total. The first-order chi connectivity index (χ1) is 6.83. The van der Waals surface area contributed by atoms with E-state index in [1.807, 2.05) is 0 Å². The zero-order valence-corrected chi connectivity index (χ0v) is 8.44. The Hall–Kier alpha value is -0.860. The van der Waals surface area contributed by atoms with E-state index in [9.17, 15) is 0 Å². The predicted molar refractivity (Wildman–Crippen MR) is 55.1 cm³/mol. The number of aryl methyl sites for hydroxylation is 1. The number of likely N-dealkylation sites (tertiary alicyclic amines) is 1. The highest BCUT2D eigenvalue weighted by molar-refractivity contribution is 5.25. The van der Waals surface area contributed by atoms with Crippen molar-refractivity contribution in [1.82, 2.24) is 4.90 Å². The molecule has 2 aliphatic rings. The van der Waals surface area contributed by atoms with Crippen LogP contribution in [0.3, 0.4) is 0 Å². The van der Waals surface area contributed by atoms with Gasteiger partial charge in [0.25, 0.3) is 0 Å². The standard InChI is InChI=1S/C12H15NO/c1-9-4-2-3-5-10(9)6-13-7-11-12(8-13)14-11/h2-5,11-12H,6-8H2,1H3. The number of fused-ring (bicyclic) bond motifs is 1. The minimum Gasteiger partial charge on any atom is -0.367 e. The molecule has 0 bridgehead atoms. The summed E-state index contributed by atoms with van der Waals surface area (Å²) in [6.07, 6.45) is 1.11. The highest BCUT2D eigenvalue weighted by Crippen LogP contribution is 2.31. The SMILES string of the molecule is Cc1ccccc1CN1CC2OC2C1. The molecule has 0 saturated carbocycles. The second kappa shape index (κ2) is 3.07. The summed E-state index contributed by atoms with van der Waals surface area (Å²) in [5, 5.41) is 0. The first-order valence-corrected chi connectivity index (χ1v) is 5.25. The topological polar surface area (TPSA) is 15.8 Å². The van der Waals surface area contributed by atoms with Crippen LogP contribution in [0.15, 0.2) is 24.3 Å². The van der Waals surface area contributed by atoms with Gasteiger partial charge in [-0.15, -0.1) is 0 Å². The quantitative estimate of drug-likeness (QED) is 0.656. The van der Waals surface area contributed by atoms with Crippen LogP contribution in [0.1, 0.15) is 11.1 Å². The number of ether oxygens (including phenoxy) is 1. The van der Waals surface area contributed by atoms with E-state index in [1.54, 1.807) is 0 Å². The van der Waals surface area contributed by atoms with Gasteiger partial charge in [0, 0.05) is 19.6 Å².